The van der Waals surface area contributed by atoms with Gasteiger partial charge in [0.2, 0.25) is 5.91 Å². The lowest BCUT2D eigenvalue weighted by Gasteiger charge is -2.26. The smallest absolute Gasteiger partial charge is 0.417 e. The van der Waals surface area contributed by atoms with Crippen LogP contribution in [0, 0.1) is 0 Å². The number of hydrogen-bond donors (Lipinski definition) is 1. The number of carbonyl (C=O) groups is 3. The zero-order valence-electron chi connectivity index (χ0n) is 11.1. The van der Waals surface area contributed by atoms with Crippen LogP contribution in [-0.2, 0) is 14.3 Å². The van der Waals surface area contributed by atoms with E-state index in [0.29, 0.717) is 12.7 Å². The van der Waals surface area contributed by atoms with Gasteiger partial charge in [0.25, 0.3) is 0 Å². The highest BCUT2D eigenvalue weighted by Crippen LogP contribution is 2.13. The number of ether oxygens (including phenoxy) is 1. The van der Waals surface area contributed by atoms with E-state index in [9.17, 15) is 14.4 Å². The summed E-state index contributed by atoms with van der Waals surface area (Å²) in [4.78, 5) is 35.4. The molecule has 1 atom stereocenters. The van der Waals surface area contributed by atoms with Crippen molar-refractivity contribution in [3.63, 3.8) is 0 Å². The average molecular weight is 256 g/mol. The Morgan fingerprint density at radius 2 is 2.11 bits per heavy atom. The van der Waals surface area contributed by atoms with Crippen molar-refractivity contribution >= 4 is 18.3 Å². The third-order valence-corrected chi connectivity index (χ3v) is 2.50. The van der Waals surface area contributed by atoms with Gasteiger partial charge < -0.3 is 14.8 Å². The molecule has 0 spiro atoms. The maximum atomic E-state index is 12.1. The Bertz CT molecular complexity index is 329. The summed E-state index contributed by atoms with van der Waals surface area (Å²) in [6.07, 6.45) is 1.32. The SMILES string of the molecule is CC(C)(C)OC(=O)N(CC=O)C(=O)[C@@H]1CCCN1. The number of carbonyl (C=O) groups excluding carboxylic acids is 3. The quantitative estimate of drug-likeness (QED) is 0.752. The minimum absolute atomic E-state index is 0.272. The maximum Gasteiger partial charge on any atom is 0.417 e. The average Bonchev–Trinajstić information content (AvgIpc) is 2.75. The van der Waals surface area contributed by atoms with E-state index in [2.05, 4.69) is 5.32 Å². The van der Waals surface area contributed by atoms with Crippen LogP contribution in [0.4, 0.5) is 4.79 Å². The molecule has 1 heterocycles. The van der Waals surface area contributed by atoms with Crippen LogP contribution in [-0.4, -0.2) is 47.9 Å². The Hall–Kier alpha value is -1.43. The zero-order chi connectivity index (χ0) is 13.8. The third kappa shape index (κ3) is 4.10. The molecular weight excluding hydrogens is 236 g/mol. The molecule has 0 bridgehead atoms. The predicted molar refractivity (Wildman–Crippen MR) is 65.0 cm³/mol. The number of nitrogens with zero attached hydrogens (tertiary/aromatic N) is 1. The lowest BCUT2D eigenvalue weighted by atomic mass is 10.2. The molecule has 1 aliphatic heterocycles. The molecule has 1 fully saturated rings. The lowest BCUT2D eigenvalue weighted by Crippen LogP contribution is -2.49. The summed E-state index contributed by atoms with van der Waals surface area (Å²) in [6, 6.07) is -0.391. The summed E-state index contributed by atoms with van der Waals surface area (Å²) < 4.78 is 5.11. The van der Waals surface area contributed by atoms with Crippen molar-refractivity contribution in [2.45, 2.75) is 45.3 Å². The number of imide groups is 1. The van der Waals surface area contributed by atoms with Crippen molar-refractivity contribution in [1.29, 1.82) is 0 Å². The maximum absolute atomic E-state index is 12.1. The number of amides is 2. The first-order valence-electron chi connectivity index (χ1n) is 6.06. The summed E-state index contributed by atoms with van der Waals surface area (Å²) in [6.45, 7) is 5.61. The van der Waals surface area contributed by atoms with Crippen molar-refractivity contribution < 1.29 is 19.1 Å². The van der Waals surface area contributed by atoms with Crippen LogP contribution in [0.2, 0.25) is 0 Å². The molecule has 6 heteroatoms. The van der Waals surface area contributed by atoms with Gasteiger partial charge in [-0.1, -0.05) is 0 Å². The van der Waals surface area contributed by atoms with Crippen LogP contribution in [0.3, 0.4) is 0 Å². The summed E-state index contributed by atoms with van der Waals surface area (Å²) in [5.41, 5.74) is -0.693. The minimum Gasteiger partial charge on any atom is -0.443 e. The molecule has 1 saturated heterocycles. The van der Waals surface area contributed by atoms with Crippen molar-refractivity contribution in [2.24, 2.45) is 0 Å². The van der Waals surface area contributed by atoms with Crippen molar-refractivity contribution in [2.75, 3.05) is 13.1 Å². The molecular formula is C12H20N2O4. The van der Waals surface area contributed by atoms with Crippen LogP contribution in [0.1, 0.15) is 33.6 Å². The monoisotopic (exact) mass is 256 g/mol. The van der Waals surface area contributed by atoms with Gasteiger partial charge in [-0.05, 0) is 40.2 Å². The van der Waals surface area contributed by atoms with Crippen molar-refractivity contribution in [1.82, 2.24) is 10.2 Å². The van der Waals surface area contributed by atoms with Gasteiger partial charge in [0, 0.05) is 0 Å². The molecule has 1 aliphatic rings. The standard InChI is InChI=1S/C12H20N2O4/c1-12(2,3)18-11(17)14(7-8-15)10(16)9-5-4-6-13-9/h8-9,13H,4-7H2,1-3H3/t9-/m0/s1. The first-order valence-corrected chi connectivity index (χ1v) is 6.06. The van der Waals surface area contributed by atoms with Crippen molar-refractivity contribution in [3.05, 3.63) is 0 Å². The van der Waals surface area contributed by atoms with Crippen LogP contribution in [0.15, 0.2) is 0 Å². The highest BCUT2D eigenvalue weighted by Gasteiger charge is 2.33. The van der Waals surface area contributed by atoms with Gasteiger partial charge in [0.15, 0.2) is 0 Å². The van der Waals surface area contributed by atoms with Crippen LogP contribution in [0.5, 0.6) is 0 Å². The fourth-order valence-electron chi connectivity index (χ4n) is 1.73. The summed E-state index contributed by atoms with van der Waals surface area (Å²) in [5.74, 6) is -0.395. The zero-order valence-corrected chi connectivity index (χ0v) is 11.1. The largest absolute Gasteiger partial charge is 0.443 e. The van der Waals surface area contributed by atoms with Crippen LogP contribution >= 0.6 is 0 Å². The van der Waals surface area contributed by atoms with E-state index in [4.69, 9.17) is 4.74 Å². The molecule has 102 valence electrons. The highest BCUT2D eigenvalue weighted by molar-refractivity contribution is 5.96. The second-order valence-corrected chi connectivity index (χ2v) is 5.24. The normalized spacial score (nSPS) is 19.4. The van der Waals surface area contributed by atoms with E-state index in [1.807, 2.05) is 0 Å². The first kappa shape index (κ1) is 14.6. The molecule has 1 rings (SSSR count). The van der Waals surface area contributed by atoms with Crippen LogP contribution in [0.25, 0.3) is 0 Å². The van der Waals surface area contributed by atoms with E-state index in [1.54, 1.807) is 20.8 Å². The topological polar surface area (TPSA) is 75.7 Å². The van der Waals surface area contributed by atoms with Crippen molar-refractivity contribution in [3.8, 4) is 0 Å². The second-order valence-electron chi connectivity index (χ2n) is 5.24. The van der Waals surface area contributed by atoms with E-state index in [-0.39, 0.29) is 6.54 Å². The summed E-state index contributed by atoms with van der Waals surface area (Å²) in [5, 5.41) is 3.00. The molecule has 0 saturated carbocycles. The molecule has 0 aromatic carbocycles. The Labute approximate surface area is 107 Å². The Morgan fingerprint density at radius 3 is 2.56 bits per heavy atom. The Kier molecular flexibility index (Phi) is 4.84. The van der Waals surface area contributed by atoms with Gasteiger partial charge in [-0.3, -0.25) is 4.79 Å². The van der Waals surface area contributed by atoms with E-state index in [1.165, 1.54) is 0 Å². The predicted octanol–water partition coefficient (Wildman–Crippen LogP) is 0.701. The van der Waals surface area contributed by atoms with Gasteiger partial charge >= 0.3 is 6.09 Å². The van der Waals surface area contributed by atoms with Gasteiger partial charge in [-0.15, -0.1) is 0 Å². The first-order chi connectivity index (χ1) is 8.35. The molecule has 18 heavy (non-hydrogen) atoms. The Balaban J connectivity index is 2.71. The van der Waals surface area contributed by atoms with Gasteiger partial charge in [0.05, 0.1) is 12.6 Å². The van der Waals surface area contributed by atoms with Gasteiger partial charge in [0.1, 0.15) is 11.9 Å². The molecule has 0 unspecified atom stereocenters. The lowest BCUT2D eigenvalue weighted by molar-refractivity contribution is -0.133. The number of nitrogens with one attached hydrogen (secondary N) is 1. The molecule has 2 amide bonds. The number of aldehydes is 1. The molecule has 1 N–H and O–H groups in total. The summed E-state index contributed by atoms with van der Waals surface area (Å²) in [7, 11) is 0. The third-order valence-electron chi connectivity index (χ3n) is 2.50. The summed E-state index contributed by atoms with van der Waals surface area (Å²) >= 11 is 0. The van der Waals surface area contributed by atoms with E-state index < -0.39 is 23.6 Å². The molecule has 0 aromatic heterocycles. The second kappa shape index (κ2) is 5.95. The Morgan fingerprint density at radius 1 is 1.44 bits per heavy atom. The molecule has 0 aliphatic carbocycles. The van der Waals surface area contributed by atoms with Gasteiger partial charge in [-0.2, -0.15) is 0 Å². The number of rotatable bonds is 3. The van der Waals surface area contributed by atoms with Crippen LogP contribution < -0.4 is 5.32 Å². The highest BCUT2D eigenvalue weighted by atomic mass is 16.6. The fraction of sp³-hybridized carbons (Fsp3) is 0.750. The minimum atomic E-state index is -0.770. The van der Waals surface area contributed by atoms with E-state index in [0.717, 1.165) is 17.9 Å². The fourth-order valence-corrected chi connectivity index (χ4v) is 1.73. The molecule has 6 nitrogen and oxygen atoms in total. The van der Waals surface area contributed by atoms with Gasteiger partial charge in [-0.25, -0.2) is 9.69 Å². The molecule has 0 aromatic rings. The molecule has 0 radical (unpaired) electrons. The van der Waals surface area contributed by atoms with E-state index >= 15 is 0 Å². The number of hydrogen-bond acceptors (Lipinski definition) is 5.